The number of amides is 1. The third kappa shape index (κ3) is 4.01. The summed E-state index contributed by atoms with van der Waals surface area (Å²) >= 11 is 5.92. The van der Waals surface area contributed by atoms with Crippen LogP contribution >= 0.6 is 11.6 Å². The minimum Gasteiger partial charge on any atom is -0.347 e. The maximum atomic E-state index is 12.8. The summed E-state index contributed by atoms with van der Waals surface area (Å²) in [5.41, 5.74) is 1.58. The van der Waals surface area contributed by atoms with Crippen LogP contribution in [0.15, 0.2) is 60.7 Å². The molecule has 2 aliphatic rings. The van der Waals surface area contributed by atoms with Gasteiger partial charge in [0.25, 0.3) is 5.91 Å². The first-order valence-corrected chi connectivity index (χ1v) is 10.9. The first-order valence-electron chi connectivity index (χ1n) is 10.5. The Morgan fingerprint density at radius 1 is 0.935 bits per heavy atom. The van der Waals surface area contributed by atoms with Gasteiger partial charge in [-0.1, -0.05) is 29.8 Å². The van der Waals surface area contributed by atoms with Gasteiger partial charge < -0.3 is 9.80 Å². The van der Waals surface area contributed by atoms with Gasteiger partial charge in [-0.15, -0.1) is 0 Å². The molecule has 0 saturated carbocycles. The minimum absolute atomic E-state index is 0.0102. The molecule has 1 unspecified atom stereocenters. The van der Waals surface area contributed by atoms with E-state index in [1.165, 1.54) is 0 Å². The smallest absolute Gasteiger partial charge is 0.253 e. The molecule has 6 nitrogen and oxygen atoms in total. The van der Waals surface area contributed by atoms with Crippen molar-refractivity contribution in [3.05, 3.63) is 71.2 Å². The van der Waals surface area contributed by atoms with E-state index >= 15 is 0 Å². The summed E-state index contributed by atoms with van der Waals surface area (Å²) in [6.07, 6.45) is 0. The molecule has 7 heteroatoms. The Kier molecular flexibility index (Phi) is 5.34. The first-order chi connectivity index (χ1) is 15.1. The largest absolute Gasteiger partial charge is 0.347 e. The van der Waals surface area contributed by atoms with Crippen LogP contribution in [0.5, 0.6) is 0 Å². The molecule has 158 valence electrons. The van der Waals surface area contributed by atoms with E-state index < -0.39 is 0 Å². The van der Waals surface area contributed by atoms with Crippen molar-refractivity contribution in [2.45, 2.75) is 6.04 Å². The van der Waals surface area contributed by atoms with Crippen LogP contribution < -0.4 is 4.90 Å². The van der Waals surface area contributed by atoms with Crippen molar-refractivity contribution in [3.8, 4) is 0 Å². The summed E-state index contributed by atoms with van der Waals surface area (Å²) in [5, 5.41) is 1.71. The second-order valence-corrected chi connectivity index (χ2v) is 8.50. The van der Waals surface area contributed by atoms with E-state index in [4.69, 9.17) is 16.6 Å². The molecule has 1 atom stereocenters. The van der Waals surface area contributed by atoms with Crippen LogP contribution in [0.1, 0.15) is 10.4 Å². The fourth-order valence-corrected chi connectivity index (χ4v) is 4.53. The van der Waals surface area contributed by atoms with Crippen LogP contribution in [0.3, 0.4) is 0 Å². The summed E-state index contributed by atoms with van der Waals surface area (Å²) in [4.78, 5) is 36.4. The quantitative estimate of drug-likeness (QED) is 0.634. The van der Waals surface area contributed by atoms with Gasteiger partial charge in [-0.05, 0) is 42.5 Å². The van der Waals surface area contributed by atoms with Crippen LogP contribution in [0.2, 0.25) is 5.02 Å². The Morgan fingerprint density at radius 3 is 2.45 bits per heavy atom. The molecule has 0 N–H and O–H groups in total. The van der Waals surface area contributed by atoms with Gasteiger partial charge in [0.2, 0.25) is 0 Å². The van der Waals surface area contributed by atoms with Crippen LogP contribution in [0, 0.1) is 0 Å². The van der Waals surface area contributed by atoms with Gasteiger partial charge in [0.1, 0.15) is 5.82 Å². The molecular weight excluding hydrogens is 412 g/mol. The first kappa shape index (κ1) is 20.0. The van der Waals surface area contributed by atoms with E-state index in [9.17, 15) is 9.59 Å². The van der Waals surface area contributed by atoms with E-state index in [0.717, 1.165) is 16.7 Å². The summed E-state index contributed by atoms with van der Waals surface area (Å²) in [6, 6.07) is 18.9. The fourth-order valence-electron chi connectivity index (χ4n) is 4.41. The van der Waals surface area contributed by atoms with Gasteiger partial charge in [-0.2, -0.15) is 0 Å². The van der Waals surface area contributed by atoms with Crippen molar-refractivity contribution in [1.82, 2.24) is 14.8 Å². The summed E-state index contributed by atoms with van der Waals surface area (Å²) in [7, 11) is 0. The molecule has 3 heterocycles. The Labute approximate surface area is 186 Å². The molecule has 2 aromatic carbocycles. The number of halogens is 1. The Morgan fingerprint density at radius 2 is 1.68 bits per heavy atom. The lowest BCUT2D eigenvalue weighted by Gasteiger charge is -2.37. The highest BCUT2D eigenvalue weighted by atomic mass is 35.5. The molecule has 0 radical (unpaired) electrons. The zero-order chi connectivity index (χ0) is 21.4. The lowest BCUT2D eigenvalue weighted by atomic mass is 10.1. The summed E-state index contributed by atoms with van der Waals surface area (Å²) < 4.78 is 0. The average Bonchev–Trinajstić information content (AvgIpc) is 3.20. The van der Waals surface area contributed by atoms with Crippen molar-refractivity contribution in [2.24, 2.45) is 0 Å². The van der Waals surface area contributed by atoms with Gasteiger partial charge in [0.05, 0.1) is 18.1 Å². The number of anilines is 1. The van der Waals surface area contributed by atoms with Crippen LogP contribution in [-0.4, -0.2) is 71.8 Å². The molecule has 0 aliphatic carbocycles. The monoisotopic (exact) mass is 434 g/mol. The van der Waals surface area contributed by atoms with Crippen LogP contribution in [0.25, 0.3) is 10.9 Å². The number of Topliss-reactive ketones (excluding diaryl/α,β-unsaturated/α-hetero) is 1. The summed E-state index contributed by atoms with van der Waals surface area (Å²) in [6.45, 7) is 3.61. The standard InChI is InChI=1S/C24H23ClN4O2/c25-19-8-5-18(6-9-19)24(31)28-13-11-27(12-14-28)21-15-29(16-22(21)30)23-10-7-17-3-1-2-4-20(17)26-23/h1-10,21H,11-16H2. The highest BCUT2D eigenvalue weighted by Gasteiger charge is 2.37. The van der Waals surface area contributed by atoms with Crippen molar-refractivity contribution in [1.29, 1.82) is 0 Å². The van der Waals surface area contributed by atoms with Crippen molar-refractivity contribution >= 4 is 40.0 Å². The number of fused-ring (bicyclic) bond motifs is 1. The zero-order valence-corrected chi connectivity index (χ0v) is 17.8. The highest BCUT2D eigenvalue weighted by Crippen LogP contribution is 2.23. The number of aromatic nitrogens is 1. The Balaban J connectivity index is 1.23. The molecule has 2 saturated heterocycles. The Hall–Kier alpha value is -2.96. The number of benzene rings is 2. The highest BCUT2D eigenvalue weighted by molar-refractivity contribution is 6.30. The number of hydrogen-bond donors (Lipinski definition) is 0. The van der Waals surface area contributed by atoms with Crippen molar-refractivity contribution in [2.75, 3.05) is 44.2 Å². The number of pyridine rings is 1. The lowest BCUT2D eigenvalue weighted by molar-refractivity contribution is -0.121. The molecule has 2 fully saturated rings. The number of ketones is 1. The number of carbonyl (C=O) groups is 2. The predicted molar refractivity (Wildman–Crippen MR) is 122 cm³/mol. The summed E-state index contributed by atoms with van der Waals surface area (Å²) in [5.74, 6) is 1.06. The second kappa shape index (κ2) is 8.29. The maximum absolute atomic E-state index is 12.8. The number of hydrogen-bond acceptors (Lipinski definition) is 5. The van der Waals surface area contributed by atoms with E-state index in [1.807, 2.05) is 35.2 Å². The van der Waals surface area contributed by atoms with E-state index in [1.54, 1.807) is 24.3 Å². The normalized spacial score (nSPS) is 19.9. The molecule has 5 rings (SSSR count). The van der Waals surface area contributed by atoms with E-state index in [0.29, 0.717) is 49.9 Å². The number of rotatable bonds is 3. The molecule has 0 spiro atoms. The van der Waals surface area contributed by atoms with Crippen molar-refractivity contribution < 1.29 is 9.59 Å². The minimum atomic E-state index is -0.152. The number of para-hydroxylation sites is 1. The fraction of sp³-hybridized carbons (Fsp3) is 0.292. The third-order valence-electron chi connectivity index (χ3n) is 6.15. The van der Waals surface area contributed by atoms with Gasteiger partial charge >= 0.3 is 0 Å². The van der Waals surface area contributed by atoms with Gasteiger partial charge in [-0.3, -0.25) is 14.5 Å². The van der Waals surface area contributed by atoms with Gasteiger partial charge in [0.15, 0.2) is 5.78 Å². The zero-order valence-electron chi connectivity index (χ0n) is 17.1. The predicted octanol–water partition coefficient (Wildman–Crippen LogP) is 3.10. The van der Waals surface area contributed by atoms with E-state index in [-0.39, 0.29) is 17.7 Å². The molecular formula is C24H23ClN4O2. The van der Waals surface area contributed by atoms with Crippen molar-refractivity contribution in [3.63, 3.8) is 0 Å². The SMILES string of the molecule is O=C1CN(c2ccc3ccccc3n2)CC1N1CCN(C(=O)c2ccc(Cl)cc2)CC1. The molecule has 1 aromatic heterocycles. The molecule has 0 bridgehead atoms. The lowest BCUT2D eigenvalue weighted by Crippen LogP contribution is -2.54. The molecule has 31 heavy (non-hydrogen) atoms. The second-order valence-electron chi connectivity index (χ2n) is 8.06. The molecule has 3 aromatic rings. The van der Waals surface area contributed by atoms with E-state index in [2.05, 4.69) is 15.9 Å². The molecule has 2 aliphatic heterocycles. The maximum Gasteiger partial charge on any atom is 0.253 e. The number of piperazine rings is 1. The van der Waals surface area contributed by atoms with Crippen LogP contribution in [0.4, 0.5) is 5.82 Å². The third-order valence-corrected chi connectivity index (χ3v) is 6.40. The molecule has 1 amide bonds. The number of carbonyl (C=O) groups excluding carboxylic acids is 2. The number of nitrogens with zero attached hydrogens (tertiary/aromatic N) is 4. The topological polar surface area (TPSA) is 56.8 Å². The van der Waals surface area contributed by atoms with Gasteiger partial charge in [0, 0.05) is 48.7 Å². The van der Waals surface area contributed by atoms with Crippen LogP contribution in [-0.2, 0) is 4.79 Å². The van der Waals surface area contributed by atoms with Gasteiger partial charge in [-0.25, -0.2) is 4.98 Å². The Bertz CT molecular complexity index is 1130. The average molecular weight is 435 g/mol.